The van der Waals surface area contributed by atoms with Crippen LogP contribution in [0.4, 0.5) is 0 Å². The Hall–Kier alpha value is -2.16. The quantitative estimate of drug-likeness (QED) is 0.591. The highest BCUT2D eigenvalue weighted by Gasteiger charge is 2.01. The summed E-state index contributed by atoms with van der Waals surface area (Å²) < 4.78 is 0. The monoisotopic (exact) mass is 211 g/mol. The van der Waals surface area contributed by atoms with Crippen molar-refractivity contribution in [3.05, 3.63) is 53.9 Å². The lowest BCUT2D eigenvalue weighted by Gasteiger charge is -2.04. The van der Waals surface area contributed by atoms with Gasteiger partial charge >= 0.3 is 0 Å². The van der Waals surface area contributed by atoms with E-state index in [0.29, 0.717) is 5.56 Å². The highest BCUT2D eigenvalue weighted by atomic mass is 14.7. The molecule has 2 aromatic rings. The Balaban J connectivity index is 2.48. The molecule has 0 aliphatic carbocycles. The van der Waals surface area contributed by atoms with E-state index >= 15 is 0 Å². The smallest absolute Gasteiger partial charge is 0.124 e. The molecule has 0 spiro atoms. The minimum Gasteiger partial charge on any atom is -0.384 e. The molecule has 80 valence electrons. The summed E-state index contributed by atoms with van der Waals surface area (Å²) in [5.74, 6) is 0.0435. The van der Waals surface area contributed by atoms with Crippen LogP contribution in [0.5, 0.6) is 0 Å². The third-order valence-electron chi connectivity index (χ3n) is 2.40. The van der Waals surface area contributed by atoms with Crippen molar-refractivity contribution >= 4 is 5.84 Å². The number of amidine groups is 1. The van der Waals surface area contributed by atoms with Gasteiger partial charge in [-0.15, -0.1) is 0 Å². The molecule has 2 rings (SSSR count). The summed E-state index contributed by atoms with van der Waals surface area (Å²) in [6, 6.07) is 10.0. The van der Waals surface area contributed by atoms with E-state index in [1.54, 1.807) is 12.4 Å². The maximum Gasteiger partial charge on any atom is 0.124 e. The molecular weight excluding hydrogens is 198 g/mol. The SMILES string of the molecule is Cc1cccc(-c2cncc(C(=N)N)c2)c1. The first kappa shape index (κ1) is 10.4. The minimum absolute atomic E-state index is 0.0435. The summed E-state index contributed by atoms with van der Waals surface area (Å²) in [6.45, 7) is 2.05. The van der Waals surface area contributed by atoms with Crippen LogP contribution >= 0.6 is 0 Å². The first-order chi connectivity index (χ1) is 7.66. The summed E-state index contributed by atoms with van der Waals surface area (Å²) in [5.41, 5.74) is 9.36. The van der Waals surface area contributed by atoms with Gasteiger partial charge in [0.15, 0.2) is 0 Å². The van der Waals surface area contributed by atoms with Crippen LogP contribution in [0.15, 0.2) is 42.7 Å². The van der Waals surface area contributed by atoms with Gasteiger partial charge < -0.3 is 5.73 Å². The molecule has 0 bridgehead atoms. The number of aromatic nitrogens is 1. The van der Waals surface area contributed by atoms with Gasteiger partial charge in [0.1, 0.15) is 5.84 Å². The molecule has 0 aliphatic heterocycles. The van der Waals surface area contributed by atoms with Crippen molar-refractivity contribution in [2.45, 2.75) is 6.92 Å². The molecule has 0 atom stereocenters. The van der Waals surface area contributed by atoms with Crippen LogP contribution in [0.25, 0.3) is 11.1 Å². The third kappa shape index (κ3) is 2.08. The molecule has 3 heteroatoms. The normalized spacial score (nSPS) is 10.1. The van der Waals surface area contributed by atoms with Gasteiger partial charge in [-0.05, 0) is 18.6 Å². The zero-order valence-corrected chi connectivity index (χ0v) is 9.07. The second kappa shape index (κ2) is 4.14. The predicted octanol–water partition coefficient (Wildman–Crippen LogP) is 2.34. The molecule has 3 nitrogen and oxygen atoms in total. The fourth-order valence-corrected chi connectivity index (χ4v) is 1.57. The summed E-state index contributed by atoms with van der Waals surface area (Å²) in [6.07, 6.45) is 3.38. The van der Waals surface area contributed by atoms with Crippen LogP contribution in [-0.4, -0.2) is 10.8 Å². The van der Waals surface area contributed by atoms with E-state index in [0.717, 1.165) is 11.1 Å². The van der Waals surface area contributed by atoms with Gasteiger partial charge in [0.25, 0.3) is 0 Å². The van der Waals surface area contributed by atoms with E-state index in [9.17, 15) is 0 Å². The number of rotatable bonds is 2. The van der Waals surface area contributed by atoms with Crippen molar-refractivity contribution in [2.75, 3.05) is 0 Å². The standard InChI is InChI=1S/C13H13N3/c1-9-3-2-4-10(5-9)11-6-12(13(14)15)8-16-7-11/h2-8H,1H3,(H3,14,15). The highest BCUT2D eigenvalue weighted by Crippen LogP contribution is 2.20. The number of benzene rings is 1. The molecule has 0 amide bonds. The first-order valence-corrected chi connectivity index (χ1v) is 5.03. The Labute approximate surface area is 94.5 Å². The van der Waals surface area contributed by atoms with E-state index in [-0.39, 0.29) is 5.84 Å². The van der Waals surface area contributed by atoms with E-state index in [1.165, 1.54) is 5.56 Å². The Morgan fingerprint density at radius 2 is 2.00 bits per heavy atom. The van der Waals surface area contributed by atoms with E-state index < -0.39 is 0 Å². The van der Waals surface area contributed by atoms with Crippen LogP contribution < -0.4 is 5.73 Å². The lowest BCUT2D eigenvalue weighted by atomic mass is 10.0. The van der Waals surface area contributed by atoms with Crippen LogP contribution in [0, 0.1) is 12.3 Å². The molecule has 0 radical (unpaired) electrons. The fourth-order valence-electron chi connectivity index (χ4n) is 1.57. The number of hydrogen-bond donors (Lipinski definition) is 2. The maximum absolute atomic E-state index is 7.37. The molecule has 0 saturated carbocycles. The zero-order chi connectivity index (χ0) is 11.5. The molecule has 16 heavy (non-hydrogen) atoms. The first-order valence-electron chi connectivity index (χ1n) is 5.03. The van der Waals surface area contributed by atoms with Gasteiger partial charge in [-0.2, -0.15) is 0 Å². The minimum atomic E-state index is 0.0435. The summed E-state index contributed by atoms with van der Waals surface area (Å²) in [7, 11) is 0. The summed E-state index contributed by atoms with van der Waals surface area (Å²) in [4.78, 5) is 4.09. The zero-order valence-electron chi connectivity index (χ0n) is 9.07. The third-order valence-corrected chi connectivity index (χ3v) is 2.40. The van der Waals surface area contributed by atoms with Crippen molar-refractivity contribution < 1.29 is 0 Å². The average molecular weight is 211 g/mol. The van der Waals surface area contributed by atoms with Gasteiger partial charge in [0.05, 0.1) is 0 Å². The number of nitrogens with zero attached hydrogens (tertiary/aromatic N) is 1. The Kier molecular flexibility index (Phi) is 2.68. The van der Waals surface area contributed by atoms with Crippen molar-refractivity contribution in [1.82, 2.24) is 4.98 Å². The molecule has 1 aromatic heterocycles. The Bertz CT molecular complexity index is 532. The molecule has 3 N–H and O–H groups in total. The fraction of sp³-hybridized carbons (Fsp3) is 0.0769. The van der Waals surface area contributed by atoms with Gasteiger partial charge in [0.2, 0.25) is 0 Å². The van der Waals surface area contributed by atoms with Crippen LogP contribution in [0.3, 0.4) is 0 Å². The van der Waals surface area contributed by atoms with Crippen LogP contribution in [-0.2, 0) is 0 Å². The number of nitrogens with one attached hydrogen (secondary N) is 1. The largest absolute Gasteiger partial charge is 0.384 e. The Morgan fingerprint density at radius 3 is 2.69 bits per heavy atom. The molecule has 1 aromatic carbocycles. The number of nitrogens with two attached hydrogens (primary N) is 1. The number of hydrogen-bond acceptors (Lipinski definition) is 2. The Morgan fingerprint density at radius 1 is 1.19 bits per heavy atom. The van der Waals surface area contributed by atoms with Crippen molar-refractivity contribution in [1.29, 1.82) is 5.41 Å². The molecular formula is C13H13N3. The van der Waals surface area contributed by atoms with E-state index in [2.05, 4.69) is 11.1 Å². The highest BCUT2D eigenvalue weighted by molar-refractivity contribution is 5.95. The number of nitrogen functional groups attached to an aromatic ring is 1. The topological polar surface area (TPSA) is 62.8 Å². The molecule has 0 saturated heterocycles. The molecule has 0 aliphatic rings. The summed E-state index contributed by atoms with van der Waals surface area (Å²) in [5, 5.41) is 7.37. The van der Waals surface area contributed by atoms with Crippen molar-refractivity contribution in [3.63, 3.8) is 0 Å². The van der Waals surface area contributed by atoms with Crippen LogP contribution in [0.1, 0.15) is 11.1 Å². The maximum atomic E-state index is 7.37. The van der Waals surface area contributed by atoms with Gasteiger partial charge in [-0.3, -0.25) is 10.4 Å². The molecule has 0 unspecified atom stereocenters. The second-order valence-electron chi connectivity index (χ2n) is 3.75. The van der Waals surface area contributed by atoms with Crippen molar-refractivity contribution in [3.8, 4) is 11.1 Å². The van der Waals surface area contributed by atoms with Gasteiger partial charge in [-0.25, -0.2) is 0 Å². The van der Waals surface area contributed by atoms with Gasteiger partial charge in [-0.1, -0.05) is 29.8 Å². The lowest BCUT2D eigenvalue weighted by Crippen LogP contribution is -2.11. The molecule has 1 heterocycles. The molecule has 0 fully saturated rings. The average Bonchev–Trinajstić information content (AvgIpc) is 2.29. The number of pyridine rings is 1. The van der Waals surface area contributed by atoms with Gasteiger partial charge in [0, 0.05) is 23.5 Å². The second-order valence-corrected chi connectivity index (χ2v) is 3.75. The lowest BCUT2D eigenvalue weighted by molar-refractivity contribution is 1.29. The predicted molar refractivity (Wildman–Crippen MR) is 65.4 cm³/mol. The van der Waals surface area contributed by atoms with Crippen molar-refractivity contribution in [2.24, 2.45) is 5.73 Å². The number of aryl methyl sites for hydroxylation is 1. The van der Waals surface area contributed by atoms with E-state index in [4.69, 9.17) is 11.1 Å². The van der Waals surface area contributed by atoms with Crippen LogP contribution in [0.2, 0.25) is 0 Å². The van der Waals surface area contributed by atoms with E-state index in [1.807, 2.05) is 31.2 Å². The summed E-state index contributed by atoms with van der Waals surface area (Å²) >= 11 is 0.